The lowest BCUT2D eigenvalue weighted by atomic mass is 10.1. The second-order valence-corrected chi connectivity index (χ2v) is 6.87. The maximum absolute atomic E-state index is 4.67. The first-order valence-electron chi connectivity index (χ1n) is 7.64. The van der Waals surface area contributed by atoms with Crippen LogP contribution in [0.1, 0.15) is 20.0 Å². The molecule has 4 rings (SSSR count). The van der Waals surface area contributed by atoms with Gasteiger partial charge in [-0.2, -0.15) is 0 Å². The van der Waals surface area contributed by atoms with Gasteiger partial charge in [-0.05, 0) is 30.2 Å². The van der Waals surface area contributed by atoms with Crippen LogP contribution in [0.25, 0.3) is 21.3 Å². The standard InChI is InChI=1S/C17H17N5S/c1-11(2)16(22-14-9-5-3-7-12(14)20-21-22)19-17-18-13-8-4-6-10-15(13)23-17/h3-11,16H,1-2H3,(H,18,19). The van der Waals surface area contributed by atoms with E-state index in [9.17, 15) is 0 Å². The van der Waals surface area contributed by atoms with E-state index in [4.69, 9.17) is 0 Å². The summed E-state index contributed by atoms with van der Waals surface area (Å²) in [6, 6.07) is 16.2. The van der Waals surface area contributed by atoms with Crippen LogP contribution in [-0.2, 0) is 0 Å². The maximum atomic E-state index is 4.67. The van der Waals surface area contributed by atoms with Crippen molar-refractivity contribution in [1.82, 2.24) is 20.0 Å². The predicted molar refractivity (Wildman–Crippen MR) is 94.6 cm³/mol. The van der Waals surface area contributed by atoms with Gasteiger partial charge in [0.1, 0.15) is 11.7 Å². The highest BCUT2D eigenvalue weighted by molar-refractivity contribution is 7.22. The summed E-state index contributed by atoms with van der Waals surface area (Å²) in [5.74, 6) is 0.340. The van der Waals surface area contributed by atoms with Gasteiger partial charge in [-0.15, -0.1) is 5.10 Å². The third-order valence-corrected chi connectivity index (χ3v) is 4.81. The number of benzene rings is 2. The molecule has 0 aliphatic rings. The quantitative estimate of drug-likeness (QED) is 0.608. The monoisotopic (exact) mass is 323 g/mol. The number of nitrogens with one attached hydrogen (secondary N) is 1. The van der Waals surface area contributed by atoms with Crippen LogP contribution >= 0.6 is 11.3 Å². The fourth-order valence-electron chi connectivity index (χ4n) is 2.66. The zero-order chi connectivity index (χ0) is 15.8. The van der Waals surface area contributed by atoms with Crippen molar-refractivity contribution in [2.45, 2.75) is 20.0 Å². The average molecular weight is 323 g/mol. The highest BCUT2D eigenvalue weighted by Gasteiger charge is 2.20. The Bertz CT molecular complexity index is 923. The zero-order valence-corrected chi connectivity index (χ0v) is 13.8. The molecule has 1 N–H and O–H groups in total. The fourth-order valence-corrected chi connectivity index (χ4v) is 3.56. The molecular formula is C17H17N5S. The van der Waals surface area contributed by atoms with Crippen molar-refractivity contribution in [1.29, 1.82) is 0 Å². The Hall–Kier alpha value is -2.47. The second-order valence-electron chi connectivity index (χ2n) is 5.84. The molecule has 0 radical (unpaired) electrons. The Morgan fingerprint density at radius 3 is 2.52 bits per heavy atom. The molecule has 23 heavy (non-hydrogen) atoms. The summed E-state index contributed by atoms with van der Waals surface area (Å²) in [6.45, 7) is 4.34. The minimum absolute atomic E-state index is 0.00274. The van der Waals surface area contributed by atoms with E-state index in [0.29, 0.717) is 5.92 Å². The Morgan fingerprint density at radius 2 is 1.74 bits per heavy atom. The third-order valence-electron chi connectivity index (χ3n) is 3.84. The summed E-state index contributed by atoms with van der Waals surface area (Å²) in [6.07, 6.45) is 0.00274. The van der Waals surface area contributed by atoms with E-state index in [2.05, 4.69) is 40.5 Å². The minimum Gasteiger partial charge on any atom is -0.339 e. The van der Waals surface area contributed by atoms with E-state index in [1.807, 2.05) is 47.1 Å². The van der Waals surface area contributed by atoms with E-state index in [1.54, 1.807) is 11.3 Å². The van der Waals surface area contributed by atoms with Gasteiger partial charge in [0.05, 0.1) is 15.7 Å². The molecule has 116 valence electrons. The maximum Gasteiger partial charge on any atom is 0.185 e. The lowest BCUT2D eigenvalue weighted by molar-refractivity contribution is 0.388. The van der Waals surface area contributed by atoms with Gasteiger partial charge in [0.25, 0.3) is 0 Å². The molecule has 1 unspecified atom stereocenters. The number of aromatic nitrogens is 4. The van der Waals surface area contributed by atoms with Crippen LogP contribution in [0.15, 0.2) is 48.5 Å². The van der Waals surface area contributed by atoms with Crippen molar-refractivity contribution >= 4 is 37.7 Å². The van der Waals surface area contributed by atoms with Crippen LogP contribution in [0.3, 0.4) is 0 Å². The van der Waals surface area contributed by atoms with Gasteiger partial charge in [0, 0.05) is 0 Å². The molecule has 0 saturated carbocycles. The number of para-hydroxylation sites is 2. The van der Waals surface area contributed by atoms with Crippen LogP contribution in [0.5, 0.6) is 0 Å². The summed E-state index contributed by atoms with van der Waals surface area (Å²) in [4.78, 5) is 4.67. The number of hydrogen-bond acceptors (Lipinski definition) is 5. The molecular weight excluding hydrogens is 306 g/mol. The van der Waals surface area contributed by atoms with Gasteiger partial charge in [-0.3, -0.25) is 0 Å². The number of nitrogens with zero attached hydrogens (tertiary/aromatic N) is 4. The smallest absolute Gasteiger partial charge is 0.185 e. The van der Waals surface area contributed by atoms with E-state index >= 15 is 0 Å². The number of anilines is 1. The highest BCUT2D eigenvalue weighted by atomic mass is 32.1. The molecule has 5 nitrogen and oxygen atoms in total. The molecule has 0 fully saturated rings. The molecule has 0 amide bonds. The Morgan fingerprint density at radius 1 is 1.00 bits per heavy atom. The molecule has 2 aromatic carbocycles. The summed E-state index contributed by atoms with van der Waals surface area (Å²) < 4.78 is 3.13. The lowest BCUT2D eigenvalue weighted by Gasteiger charge is -2.22. The van der Waals surface area contributed by atoms with Crippen molar-refractivity contribution in [3.8, 4) is 0 Å². The Balaban J connectivity index is 1.73. The Labute approximate surface area is 138 Å². The van der Waals surface area contributed by atoms with E-state index in [1.165, 1.54) is 4.70 Å². The third kappa shape index (κ3) is 2.55. The molecule has 0 bridgehead atoms. The van der Waals surface area contributed by atoms with Gasteiger partial charge >= 0.3 is 0 Å². The first-order valence-corrected chi connectivity index (χ1v) is 8.46. The van der Waals surface area contributed by atoms with Crippen LogP contribution in [0, 0.1) is 5.92 Å². The van der Waals surface area contributed by atoms with Crippen molar-refractivity contribution in [3.05, 3.63) is 48.5 Å². The average Bonchev–Trinajstić information content (AvgIpc) is 3.15. The Kier molecular flexibility index (Phi) is 3.46. The molecule has 4 aromatic rings. The summed E-state index contributed by atoms with van der Waals surface area (Å²) >= 11 is 1.66. The van der Waals surface area contributed by atoms with Crippen molar-refractivity contribution in [2.75, 3.05) is 5.32 Å². The van der Waals surface area contributed by atoms with Crippen LogP contribution in [0.2, 0.25) is 0 Å². The highest BCUT2D eigenvalue weighted by Crippen LogP contribution is 2.30. The number of thiazole rings is 1. The van der Waals surface area contributed by atoms with Gasteiger partial charge in [-0.1, -0.05) is 54.7 Å². The van der Waals surface area contributed by atoms with E-state index in [-0.39, 0.29) is 6.17 Å². The van der Waals surface area contributed by atoms with Crippen molar-refractivity contribution in [2.24, 2.45) is 5.92 Å². The number of fused-ring (bicyclic) bond motifs is 2. The van der Waals surface area contributed by atoms with E-state index in [0.717, 1.165) is 21.7 Å². The number of rotatable bonds is 4. The molecule has 6 heteroatoms. The predicted octanol–water partition coefficient (Wildman–Crippen LogP) is 4.31. The van der Waals surface area contributed by atoms with Crippen LogP contribution in [-0.4, -0.2) is 20.0 Å². The first kappa shape index (κ1) is 14.1. The second kappa shape index (κ2) is 5.62. The van der Waals surface area contributed by atoms with Crippen LogP contribution < -0.4 is 5.32 Å². The topological polar surface area (TPSA) is 55.6 Å². The van der Waals surface area contributed by atoms with Gasteiger partial charge in [0.2, 0.25) is 0 Å². The van der Waals surface area contributed by atoms with E-state index < -0.39 is 0 Å². The zero-order valence-electron chi connectivity index (χ0n) is 13.0. The summed E-state index contributed by atoms with van der Waals surface area (Å²) in [5, 5.41) is 13.0. The van der Waals surface area contributed by atoms with Gasteiger partial charge in [-0.25, -0.2) is 9.67 Å². The molecule has 0 aliphatic heterocycles. The van der Waals surface area contributed by atoms with Crippen molar-refractivity contribution in [3.63, 3.8) is 0 Å². The lowest BCUT2D eigenvalue weighted by Crippen LogP contribution is -2.24. The SMILES string of the molecule is CC(C)C(Nc1nc2ccccc2s1)n1nnc2ccccc21. The summed E-state index contributed by atoms with van der Waals surface area (Å²) in [7, 11) is 0. The molecule has 2 heterocycles. The largest absolute Gasteiger partial charge is 0.339 e. The molecule has 1 atom stereocenters. The molecule has 0 aliphatic carbocycles. The van der Waals surface area contributed by atoms with Crippen molar-refractivity contribution < 1.29 is 0 Å². The molecule has 2 aromatic heterocycles. The van der Waals surface area contributed by atoms with Crippen LogP contribution in [0.4, 0.5) is 5.13 Å². The first-order chi connectivity index (χ1) is 11.2. The number of hydrogen-bond donors (Lipinski definition) is 1. The fraction of sp³-hybridized carbons (Fsp3) is 0.235. The molecule has 0 spiro atoms. The van der Waals surface area contributed by atoms with Gasteiger partial charge in [0.15, 0.2) is 5.13 Å². The molecule has 0 saturated heterocycles. The normalized spacial score (nSPS) is 13.0. The summed E-state index contributed by atoms with van der Waals surface area (Å²) in [5.41, 5.74) is 2.95. The minimum atomic E-state index is 0.00274. The van der Waals surface area contributed by atoms with Gasteiger partial charge < -0.3 is 5.32 Å².